The van der Waals surface area contributed by atoms with Gasteiger partial charge in [-0.15, -0.1) is 0 Å². The average Bonchev–Trinajstić information content (AvgIpc) is 2.32. The van der Waals surface area contributed by atoms with Crippen molar-refractivity contribution in [3.63, 3.8) is 0 Å². The van der Waals surface area contributed by atoms with Crippen LogP contribution in [0.25, 0.3) is 0 Å². The monoisotopic (exact) mass is 270 g/mol. The highest BCUT2D eigenvalue weighted by Crippen LogP contribution is 2.27. The smallest absolute Gasteiger partial charge is 0.149 e. The molecule has 108 valence electrons. The molecule has 0 aliphatic heterocycles. The average molecular weight is 270 g/mol. The number of hydrogen-bond acceptors (Lipinski definition) is 2. The van der Waals surface area contributed by atoms with E-state index >= 15 is 0 Å². The topological polar surface area (TPSA) is 29.3 Å². The molecule has 0 amide bonds. The Labute approximate surface area is 114 Å². The molecular formula is C15H24F2N2. The molecule has 0 aromatic heterocycles. The largest absolute Gasteiger partial charge is 0.364 e. The van der Waals surface area contributed by atoms with Crippen LogP contribution in [0.1, 0.15) is 39.7 Å². The first kappa shape index (κ1) is 15.9. The maximum atomic E-state index is 14.2. The molecule has 2 nitrogen and oxygen atoms in total. The summed E-state index contributed by atoms with van der Waals surface area (Å²) in [6, 6.07) is 2.79. The van der Waals surface area contributed by atoms with Gasteiger partial charge < -0.3 is 10.6 Å². The standard InChI is InChI=1S/C15H24F2N2/c1-5-11(4)19(6-2)15-13(16)8-12(7-10(3)18)9-14(15)17/h8-11H,5-7,18H2,1-4H3. The lowest BCUT2D eigenvalue weighted by molar-refractivity contribution is 0.541. The van der Waals surface area contributed by atoms with E-state index in [2.05, 4.69) is 0 Å². The van der Waals surface area contributed by atoms with Crippen molar-refractivity contribution in [1.29, 1.82) is 0 Å². The van der Waals surface area contributed by atoms with E-state index in [1.54, 1.807) is 4.90 Å². The van der Waals surface area contributed by atoms with Crippen LogP contribution in [0, 0.1) is 11.6 Å². The molecule has 1 aromatic carbocycles. The predicted octanol–water partition coefficient (Wildman–Crippen LogP) is 3.48. The fraction of sp³-hybridized carbons (Fsp3) is 0.600. The molecule has 0 aliphatic carbocycles. The van der Waals surface area contributed by atoms with Gasteiger partial charge in [0.15, 0.2) is 0 Å². The van der Waals surface area contributed by atoms with Gasteiger partial charge in [-0.1, -0.05) is 6.92 Å². The summed E-state index contributed by atoms with van der Waals surface area (Å²) < 4.78 is 28.3. The Kier molecular flexibility index (Phi) is 5.73. The lowest BCUT2D eigenvalue weighted by Gasteiger charge is -2.30. The summed E-state index contributed by atoms with van der Waals surface area (Å²) in [5.41, 5.74) is 6.34. The Balaban J connectivity index is 3.14. The van der Waals surface area contributed by atoms with E-state index < -0.39 is 11.6 Å². The molecule has 0 fully saturated rings. The minimum atomic E-state index is -0.502. The summed E-state index contributed by atoms with van der Waals surface area (Å²) in [7, 11) is 0. The van der Waals surface area contributed by atoms with E-state index in [0.29, 0.717) is 18.5 Å². The second kappa shape index (κ2) is 6.85. The van der Waals surface area contributed by atoms with Crippen LogP contribution in [-0.2, 0) is 6.42 Å². The van der Waals surface area contributed by atoms with Gasteiger partial charge >= 0.3 is 0 Å². The summed E-state index contributed by atoms with van der Waals surface area (Å²) in [5.74, 6) is -1.00. The molecule has 19 heavy (non-hydrogen) atoms. The quantitative estimate of drug-likeness (QED) is 0.857. The third-order valence-electron chi connectivity index (χ3n) is 3.39. The summed E-state index contributed by atoms with van der Waals surface area (Å²) in [6.07, 6.45) is 1.32. The van der Waals surface area contributed by atoms with Crippen molar-refractivity contribution in [2.45, 2.75) is 52.6 Å². The van der Waals surface area contributed by atoms with E-state index in [4.69, 9.17) is 5.73 Å². The molecule has 2 N–H and O–H groups in total. The number of nitrogens with two attached hydrogens (primary N) is 1. The van der Waals surface area contributed by atoms with Gasteiger partial charge in [-0.2, -0.15) is 0 Å². The van der Waals surface area contributed by atoms with Crippen molar-refractivity contribution in [3.05, 3.63) is 29.3 Å². The zero-order valence-electron chi connectivity index (χ0n) is 12.2. The second-order valence-electron chi connectivity index (χ2n) is 5.13. The number of rotatable bonds is 6. The van der Waals surface area contributed by atoms with Gasteiger partial charge in [0.1, 0.15) is 17.3 Å². The van der Waals surface area contributed by atoms with Crippen molar-refractivity contribution >= 4 is 5.69 Å². The fourth-order valence-corrected chi connectivity index (χ4v) is 2.29. The van der Waals surface area contributed by atoms with Crippen molar-refractivity contribution in [2.24, 2.45) is 5.73 Å². The lowest BCUT2D eigenvalue weighted by Crippen LogP contribution is -2.34. The van der Waals surface area contributed by atoms with Crippen molar-refractivity contribution in [3.8, 4) is 0 Å². The van der Waals surface area contributed by atoms with Crippen LogP contribution in [0.4, 0.5) is 14.5 Å². The number of halogens is 2. The van der Waals surface area contributed by atoms with Gasteiger partial charge in [0.25, 0.3) is 0 Å². The molecule has 0 saturated carbocycles. The Morgan fingerprint density at radius 1 is 1.16 bits per heavy atom. The minimum Gasteiger partial charge on any atom is -0.364 e. The molecule has 2 unspecified atom stereocenters. The number of anilines is 1. The van der Waals surface area contributed by atoms with Crippen LogP contribution in [0.15, 0.2) is 12.1 Å². The van der Waals surface area contributed by atoms with E-state index in [1.165, 1.54) is 12.1 Å². The number of hydrogen-bond donors (Lipinski definition) is 1. The maximum absolute atomic E-state index is 14.2. The molecule has 0 heterocycles. The van der Waals surface area contributed by atoms with Crippen LogP contribution in [0.3, 0.4) is 0 Å². The molecule has 0 bridgehead atoms. The summed E-state index contributed by atoms with van der Waals surface area (Å²) in [5, 5.41) is 0. The third-order valence-corrected chi connectivity index (χ3v) is 3.39. The Hall–Kier alpha value is -1.16. The summed E-state index contributed by atoms with van der Waals surface area (Å²) in [6.45, 7) is 8.28. The van der Waals surface area contributed by atoms with Crippen LogP contribution < -0.4 is 10.6 Å². The van der Waals surface area contributed by atoms with Crippen LogP contribution in [-0.4, -0.2) is 18.6 Å². The Morgan fingerprint density at radius 3 is 2.05 bits per heavy atom. The third kappa shape index (κ3) is 3.90. The Bertz CT molecular complexity index is 396. The first-order valence-corrected chi connectivity index (χ1v) is 6.90. The van der Waals surface area contributed by atoms with E-state index in [1.807, 2.05) is 27.7 Å². The first-order chi connectivity index (χ1) is 8.90. The predicted molar refractivity (Wildman–Crippen MR) is 76.5 cm³/mol. The molecule has 1 rings (SSSR count). The minimum absolute atomic E-state index is 0.0743. The second-order valence-corrected chi connectivity index (χ2v) is 5.13. The van der Waals surface area contributed by atoms with Crippen molar-refractivity contribution < 1.29 is 8.78 Å². The maximum Gasteiger partial charge on any atom is 0.149 e. The molecule has 4 heteroatoms. The molecule has 0 spiro atoms. The number of benzene rings is 1. The van der Waals surface area contributed by atoms with Gasteiger partial charge in [-0.25, -0.2) is 8.78 Å². The van der Waals surface area contributed by atoms with Crippen molar-refractivity contribution in [1.82, 2.24) is 0 Å². The van der Waals surface area contributed by atoms with Gasteiger partial charge in [0.2, 0.25) is 0 Å². The molecule has 0 aliphatic rings. The highest BCUT2D eigenvalue weighted by atomic mass is 19.1. The Morgan fingerprint density at radius 2 is 1.68 bits per heavy atom. The van der Waals surface area contributed by atoms with Crippen LogP contribution >= 0.6 is 0 Å². The van der Waals surface area contributed by atoms with Gasteiger partial charge in [0, 0.05) is 18.6 Å². The van der Waals surface area contributed by atoms with Gasteiger partial charge in [-0.3, -0.25) is 0 Å². The lowest BCUT2D eigenvalue weighted by atomic mass is 10.1. The fourth-order valence-electron chi connectivity index (χ4n) is 2.29. The van der Waals surface area contributed by atoms with E-state index in [-0.39, 0.29) is 17.8 Å². The SMILES string of the molecule is CCC(C)N(CC)c1c(F)cc(CC(C)N)cc1F. The molecule has 1 aromatic rings. The van der Waals surface area contributed by atoms with E-state index in [9.17, 15) is 8.78 Å². The molecular weight excluding hydrogens is 246 g/mol. The van der Waals surface area contributed by atoms with Crippen molar-refractivity contribution in [2.75, 3.05) is 11.4 Å². The highest BCUT2D eigenvalue weighted by Gasteiger charge is 2.20. The summed E-state index contributed by atoms with van der Waals surface area (Å²) in [4.78, 5) is 1.76. The zero-order chi connectivity index (χ0) is 14.6. The normalized spacial score (nSPS) is 14.3. The van der Waals surface area contributed by atoms with Gasteiger partial charge in [-0.05, 0) is 51.3 Å². The summed E-state index contributed by atoms with van der Waals surface area (Å²) >= 11 is 0. The van der Waals surface area contributed by atoms with Crippen LogP contribution in [0.2, 0.25) is 0 Å². The molecule has 0 radical (unpaired) electrons. The molecule has 0 saturated heterocycles. The zero-order valence-corrected chi connectivity index (χ0v) is 12.2. The van der Waals surface area contributed by atoms with Crippen LogP contribution in [0.5, 0.6) is 0 Å². The first-order valence-electron chi connectivity index (χ1n) is 6.90. The van der Waals surface area contributed by atoms with E-state index in [0.717, 1.165) is 6.42 Å². The number of nitrogens with zero attached hydrogens (tertiary/aromatic N) is 1. The highest BCUT2D eigenvalue weighted by molar-refractivity contribution is 5.51. The van der Waals surface area contributed by atoms with Gasteiger partial charge in [0.05, 0.1) is 0 Å². The molecule has 2 atom stereocenters.